The molecule has 0 atom stereocenters. The molecule has 0 aliphatic carbocycles. The molecule has 10 heteroatoms. The van der Waals surface area contributed by atoms with E-state index in [0.29, 0.717) is 37.4 Å². The van der Waals surface area contributed by atoms with Crippen LogP contribution in [0, 0.1) is 5.41 Å². The Kier molecular flexibility index (Phi) is 17.7. The SMILES string of the molecule is CC(C)c1cc(C(C)C)[c]([Sn+]([CH2]C(=C=N)C(=S)S)[c]2c(C([Si](C)(C)C)[Si](C)(C)C)cc(C([Si](C)(C)C)[Si](C)(C)C)cc2C([Si](C)(C)C)[Si](C)(C)C)c(C(C)C)c1. The molecular formula is C46H86NS2Si6Sn+. The van der Waals surface area contributed by atoms with Crippen molar-refractivity contribution in [1.29, 1.82) is 5.41 Å². The van der Waals surface area contributed by atoms with Crippen LogP contribution in [0.5, 0.6) is 0 Å². The molecule has 0 bridgehead atoms. The summed E-state index contributed by atoms with van der Waals surface area (Å²) in [6.07, 6.45) is 0. The minimum atomic E-state index is -3.11. The van der Waals surface area contributed by atoms with Crippen LogP contribution in [0.2, 0.25) is 122 Å². The van der Waals surface area contributed by atoms with Gasteiger partial charge in [-0.15, -0.1) is 0 Å². The number of thiol groups is 1. The Morgan fingerprint density at radius 1 is 0.518 bits per heavy atom. The van der Waals surface area contributed by atoms with Crippen molar-refractivity contribution < 1.29 is 0 Å². The molecule has 0 heterocycles. The first-order chi connectivity index (χ1) is 24.9. The molecule has 0 amide bonds. The number of hydrogen-bond acceptors (Lipinski definition) is 2. The molecule has 0 saturated heterocycles. The first kappa shape index (κ1) is 52.6. The Labute approximate surface area is 372 Å². The molecule has 2 aromatic rings. The minimum absolute atomic E-state index is 0.399. The number of nitrogens with one attached hydrogen (secondary N) is 1. The van der Waals surface area contributed by atoms with Gasteiger partial charge in [-0.25, -0.2) is 0 Å². The fourth-order valence-electron chi connectivity index (χ4n) is 11.4. The second kappa shape index (κ2) is 18.8. The van der Waals surface area contributed by atoms with Crippen molar-refractivity contribution in [2.45, 2.75) is 197 Å². The maximum atomic E-state index is 8.72. The third-order valence-electron chi connectivity index (χ3n) is 11.9. The topological polar surface area (TPSA) is 23.9 Å². The summed E-state index contributed by atoms with van der Waals surface area (Å²) in [6, 6.07) is 11.0. The predicted molar refractivity (Wildman–Crippen MR) is 286 cm³/mol. The van der Waals surface area contributed by atoms with Crippen molar-refractivity contribution >= 4 is 110 Å². The molecule has 1 nitrogen and oxygen atoms in total. The van der Waals surface area contributed by atoms with Crippen molar-refractivity contribution in [3.05, 3.63) is 63.2 Å². The van der Waals surface area contributed by atoms with Crippen LogP contribution >= 0.6 is 24.8 Å². The van der Waals surface area contributed by atoms with E-state index in [-0.39, 0.29) is 0 Å². The second-order valence-corrected chi connectivity index (χ2v) is 66.0. The van der Waals surface area contributed by atoms with Crippen molar-refractivity contribution in [2.75, 3.05) is 0 Å². The third-order valence-corrected chi connectivity index (χ3v) is 49.0. The number of rotatable bonds is 17. The molecule has 1 N–H and O–H groups in total. The van der Waals surface area contributed by atoms with Crippen LogP contribution in [0.1, 0.15) is 108 Å². The number of hydrogen-bond donors (Lipinski definition) is 2. The van der Waals surface area contributed by atoms with E-state index >= 15 is 0 Å². The van der Waals surface area contributed by atoms with E-state index in [1.54, 1.807) is 31.4 Å². The quantitative estimate of drug-likeness (QED) is 0.0533. The van der Waals surface area contributed by atoms with E-state index in [9.17, 15) is 0 Å². The summed E-state index contributed by atoms with van der Waals surface area (Å²) in [6.45, 7) is 62.6. The molecule has 314 valence electrons. The normalized spacial score (nSPS) is 13.8. The summed E-state index contributed by atoms with van der Waals surface area (Å²) in [5.41, 5.74) is 10.7. The third kappa shape index (κ3) is 12.7. The van der Waals surface area contributed by atoms with Crippen molar-refractivity contribution in [2.24, 2.45) is 0 Å². The molecule has 0 unspecified atom stereocenters. The average molecular weight is 1000 g/mol. The van der Waals surface area contributed by atoms with E-state index < -0.39 is 68.2 Å². The van der Waals surface area contributed by atoms with Crippen molar-refractivity contribution in [3.8, 4) is 0 Å². The summed E-state index contributed by atoms with van der Waals surface area (Å²) in [7, 11) is -10.3. The van der Waals surface area contributed by atoms with E-state index in [1.165, 1.54) is 5.56 Å². The molecule has 0 radical (unpaired) electrons. The van der Waals surface area contributed by atoms with Gasteiger partial charge < -0.3 is 0 Å². The Balaban J connectivity index is 3.84. The van der Waals surface area contributed by atoms with Gasteiger partial charge in [0.15, 0.2) is 0 Å². The Morgan fingerprint density at radius 3 is 1.04 bits per heavy atom. The fourth-order valence-corrected chi connectivity index (χ4v) is 63.0. The Morgan fingerprint density at radius 2 is 0.804 bits per heavy atom. The van der Waals surface area contributed by atoms with E-state index in [2.05, 4.69) is 190 Å². The fraction of sp³-hybridized carbons (Fsp3) is 0.674. The molecule has 0 aliphatic heterocycles. The van der Waals surface area contributed by atoms with Gasteiger partial charge >= 0.3 is 376 Å². The summed E-state index contributed by atoms with van der Waals surface area (Å²) >= 11 is 7.65. The van der Waals surface area contributed by atoms with E-state index in [0.717, 1.165) is 10.0 Å². The van der Waals surface area contributed by atoms with Gasteiger partial charge in [0.2, 0.25) is 0 Å². The summed E-state index contributed by atoms with van der Waals surface area (Å²) in [5.74, 6) is 4.19. The number of benzene rings is 2. The van der Waals surface area contributed by atoms with Crippen molar-refractivity contribution in [1.82, 2.24) is 0 Å². The summed E-state index contributed by atoms with van der Waals surface area (Å²) in [4.78, 5) is 0. The van der Waals surface area contributed by atoms with Crippen LogP contribution in [-0.4, -0.2) is 78.3 Å². The van der Waals surface area contributed by atoms with Gasteiger partial charge in [-0.3, -0.25) is 0 Å². The van der Waals surface area contributed by atoms with Gasteiger partial charge in [0.25, 0.3) is 0 Å². The van der Waals surface area contributed by atoms with Crippen LogP contribution in [0.25, 0.3) is 0 Å². The zero-order valence-electron chi connectivity index (χ0n) is 40.8. The molecule has 0 fully saturated rings. The first-order valence-electron chi connectivity index (χ1n) is 21.6. The molecule has 0 aliphatic rings. The zero-order valence-corrected chi connectivity index (χ0v) is 51.4. The summed E-state index contributed by atoms with van der Waals surface area (Å²) in [5, 5.41) is 10.6. The monoisotopic (exact) mass is 1000 g/mol. The zero-order chi connectivity index (χ0) is 44.1. The van der Waals surface area contributed by atoms with Gasteiger partial charge in [0.1, 0.15) is 0 Å². The van der Waals surface area contributed by atoms with Gasteiger partial charge in [-0.2, -0.15) is 0 Å². The predicted octanol–water partition coefficient (Wildman–Crippen LogP) is 14.6. The molecule has 0 saturated carbocycles. The van der Waals surface area contributed by atoms with E-state index in [1.807, 2.05) is 3.58 Å². The first-order valence-corrected chi connectivity index (χ1v) is 48.8. The van der Waals surface area contributed by atoms with Gasteiger partial charge in [-0.1, -0.05) is 0 Å². The second-order valence-electron chi connectivity index (χ2n) is 24.7. The Hall–Kier alpha value is 0.430. The van der Waals surface area contributed by atoms with Crippen LogP contribution in [0.15, 0.2) is 29.8 Å². The van der Waals surface area contributed by atoms with Crippen LogP contribution in [0.4, 0.5) is 0 Å². The van der Waals surface area contributed by atoms with Crippen LogP contribution in [0.3, 0.4) is 0 Å². The molecule has 2 rings (SSSR count). The van der Waals surface area contributed by atoms with Gasteiger partial charge in [0, 0.05) is 0 Å². The molecule has 56 heavy (non-hydrogen) atoms. The standard InChI is InChI=1S/C27H59Si6.C15H23.C4H4NS2.Sn/c1-28(2,3)25(29(4,5)6)22-19-23(26(30(7,8)9)31(10,11)12)21-24(20-22)27(32(13,14)15)33(16,17)18;1-10(2)13-7-14(11(3)4)9-15(8-13)12(5)6;1-3(2-5)4(6)7;/h19-20,25-27H,1-18H3;7-8,10-12H,1-6H3;5H,1H2,(H,6,7);/q;;;+1. The van der Waals surface area contributed by atoms with Crippen LogP contribution in [-0.2, 0) is 0 Å². The molecular weight excluding hydrogens is 918 g/mol. The molecule has 2 aromatic carbocycles. The van der Waals surface area contributed by atoms with Gasteiger partial charge in [-0.05, 0) is 0 Å². The average Bonchev–Trinajstić information content (AvgIpc) is 2.93. The Bertz CT molecular complexity index is 1650. The number of thiocarbonyl (C=S) groups is 1. The van der Waals surface area contributed by atoms with Crippen molar-refractivity contribution in [3.63, 3.8) is 0 Å². The van der Waals surface area contributed by atoms with E-state index in [4.69, 9.17) is 30.3 Å². The van der Waals surface area contributed by atoms with Gasteiger partial charge in [0.05, 0.1) is 0 Å². The van der Waals surface area contributed by atoms with Crippen LogP contribution < -0.4 is 7.16 Å². The summed E-state index contributed by atoms with van der Waals surface area (Å²) < 4.78 is 4.92. The molecule has 0 aromatic heterocycles. The maximum absolute atomic E-state index is 8.72. The molecule has 0 spiro atoms.